The minimum absolute atomic E-state index is 0. The number of nitrogens with one attached hydrogen (secondary N) is 1. The van der Waals surface area contributed by atoms with E-state index in [9.17, 15) is 4.79 Å². The second-order valence-corrected chi connectivity index (χ2v) is 7.99. The highest BCUT2D eigenvalue weighted by atomic mass is 35.5. The third kappa shape index (κ3) is 5.00. The molecule has 0 spiro atoms. The zero-order valence-electron chi connectivity index (χ0n) is 13.7. The molecule has 5 nitrogen and oxygen atoms in total. The Labute approximate surface area is 156 Å². The average molecular weight is 387 g/mol. The van der Waals surface area contributed by atoms with Gasteiger partial charge in [0.15, 0.2) is 0 Å². The zero-order chi connectivity index (χ0) is 16.2. The molecule has 3 rings (SSSR count). The number of thiophene rings is 1. The van der Waals surface area contributed by atoms with Crippen molar-refractivity contribution >= 4 is 41.0 Å². The van der Waals surface area contributed by atoms with E-state index in [1.165, 1.54) is 16.2 Å². The van der Waals surface area contributed by atoms with Crippen LogP contribution in [0.2, 0.25) is 0 Å². The van der Waals surface area contributed by atoms with Gasteiger partial charge < -0.3 is 11.1 Å². The number of thiazole rings is 1. The fourth-order valence-corrected chi connectivity index (χ4v) is 4.65. The van der Waals surface area contributed by atoms with Crippen LogP contribution in [0.4, 0.5) is 0 Å². The molecule has 0 aliphatic carbocycles. The van der Waals surface area contributed by atoms with Crippen LogP contribution in [0.15, 0.2) is 17.0 Å². The smallest absolute Gasteiger partial charge is 0.249 e. The number of nitrogens with two attached hydrogens (primary N) is 1. The van der Waals surface area contributed by atoms with E-state index in [4.69, 9.17) is 5.73 Å². The van der Waals surface area contributed by atoms with Gasteiger partial charge >= 0.3 is 0 Å². The number of nitrogens with zero attached hydrogens (tertiary/aromatic N) is 2. The molecule has 3 heterocycles. The standard InChI is InChI=1S/C16H22N4OS2.ClH/c1-11-15(23-10-19-11)8-20(6-12-2-3-18-5-12)7-14-4-13(9-22-14)16(17)21;/h4,9-10,12,18H,2-3,5-8H2,1H3,(H2,17,21);1H. The maximum absolute atomic E-state index is 11.3. The molecule has 132 valence electrons. The monoisotopic (exact) mass is 386 g/mol. The van der Waals surface area contributed by atoms with Crippen molar-refractivity contribution < 1.29 is 4.79 Å². The summed E-state index contributed by atoms with van der Waals surface area (Å²) >= 11 is 3.33. The molecule has 1 aliphatic rings. The van der Waals surface area contributed by atoms with Gasteiger partial charge in [0.05, 0.1) is 16.8 Å². The molecule has 1 fully saturated rings. The summed E-state index contributed by atoms with van der Waals surface area (Å²) in [5, 5.41) is 5.29. The van der Waals surface area contributed by atoms with Crippen LogP contribution in [0.5, 0.6) is 0 Å². The first-order chi connectivity index (χ1) is 11.1. The summed E-state index contributed by atoms with van der Waals surface area (Å²) in [5.74, 6) is 0.344. The van der Waals surface area contributed by atoms with Gasteiger partial charge in [-0.1, -0.05) is 0 Å². The van der Waals surface area contributed by atoms with Gasteiger partial charge in [-0.25, -0.2) is 4.98 Å². The molecule has 1 aliphatic heterocycles. The Morgan fingerprint density at radius 1 is 1.46 bits per heavy atom. The highest BCUT2D eigenvalue weighted by Crippen LogP contribution is 2.22. The lowest BCUT2D eigenvalue weighted by Crippen LogP contribution is -2.29. The lowest BCUT2D eigenvalue weighted by Gasteiger charge is -2.24. The summed E-state index contributed by atoms with van der Waals surface area (Å²) in [7, 11) is 0. The second kappa shape index (κ2) is 8.92. The normalized spacial score (nSPS) is 17.2. The number of rotatable bonds is 7. The third-order valence-electron chi connectivity index (χ3n) is 4.21. The SMILES string of the molecule is Cc1ncsc1CN(Cc1cc(C(N)=O)cs1)CC1CCNC1.Cl. The molecule has 0 saturated carbocycles. The lowest BCUT2D eigenvalue weighted by atomic mass is 10.1. The first-order valence-corrected chi connectivity index (χ1v) is 9.57. The Hall–Kier alpha value is -0.990. The molecular weight excluding hydrogens is 364 g/mol. The molecular formula is C16H23ClN4OS2. The molecule has 24 heavy (non-hydrogen) atoms. The van der Waals surface area contributed by atoms with E-state index in [0.717, 1.165) is 38.4 Å². The first kappa shape index (κ1) is 19.3. The van der Waals surface area contributed by atoms with E-state index in [1.54, 1.807) is 22.7 Å². The van der Waals surface area contributed by atoms with Crippen molar-refractivity contribution in [2.24, 2.45) is 11.7 Å². The molecule has 0 radical (unpaired) electrons. The molecule has 1 unspecified atom stereocenters. The van der Waals surface area contributed by atoms with Crippen molar-refractivity contribution in [1.82, 2.24) is 15.2 Å². The summed E-state index contributed by atoms with van der Waals surface area (Å²) in [6.07, 6.45) is 1.23. The summed E-state index contributed by atoms with van der Waals surface area (Å²) in [4.78, 5) is 20.6. The molecule has 2 aromatic heterocycles. The van der Waals surface area contributed by atoms with Crippen LogP contribution in [0.1, 0.15) is 32.2 Å². The van der Waals surface area contributed by atoms with Gasteiger partial charge in [0.25, 0.3) is 0 Å². The minimum Gasteiger partial charge on any atom is -0.366 e. The summed E-state index contributed by atoms with van der Waals surface area (Å²) in [6.45, 7) is 7.10. The van der Waals surface area contributed by atoms with Crippen molar-refractivity contribution in [3.8, 4) is 0 Å². The van der Waals surface area contributed by atoms with Crippen LogP contribution >= 0.6 is 35.1 Å². The maximum atomic E-state index is 11.3. The molecule has 1 saturated heterocycles. The summed E-state index contributed by atoms with van der Waals surface area (Å²) < 4.78 is 0. The van der Waals surface area contributed by atoms with Gasteiger partial charge in [-0.05, 0) is 38.4 Å². The van der Waals surface area contributed by atoms with Crippen LogP contribution in [0.3, 0.4) is 0 Å². The van der Waals surface area contributed by atoms with Crippen LogP contribution in [-0.4, -0.2) is 35.4 Å². The summed E-state index contributed by atoms with van der Waals surface area (Å²) in [5.41, 5.74) is 9.00. The Morgan fingerprint density at radius 3 is 2.88 bits per heavy atom. The van der Waals surface area contributed by atoms with Crippen LogP contribution in [-0.2, 0) is 13.1 Å². The minimum atomic E-state index is -0.350. The highest BCUT2D eigenvalue weighted by Gasteiger charge is 2.20. The maximum Gasteiger partial charge on any atom is 0.249 e. The molecule has 3 N–H and O–H groups in total. The van der Waals surface area contributed by atoms with Crippen LogP contribution < -0.4 is 11.1 Å². The van der Waals surface area contributed by atoms with Gasteiger partial charge in [-0.2, -0.15) is 0 Å². The van der Waals surface area contributed by atoms with Crippen LogP contribution in [0.25, 0.3) is 0 Å². The van der Waals surface area contributed by atoms with Crippen molar-refractivity contribution in [3.63, 3.8) is 0 Å². The number of halogens is 1. The van der Waals surface area contributed by atoms with Crippen molar-refractivity contribution in [2.75, 3.05) is 19.6 Å². The number of hydrogen-bond donors (Lipinski definition) is 2. The number of aryl methyl sites for hydroxylation is 1. The van der Waals surface area contributed by atoms with Crippen LogP contribution in [0, 0.1) is 12.8 Å². The number of amides is 1. The zero-order valence-corrected chi connectivity index (χ0v) is 16.1. The fourth-order valence-electron chi connectivity index (χ4n) is 2.91. The van der Waals surface area contributed by atoms with Gasteiger partial charge in [0, 0.05) is 34.8 Å². The summed E-state index contributed by atoms with van der Waals surface area (Å²) in [6, 6.07) is 1.92. The third-order valence-corrected chi connectivity index (χ3v) is 6.05. The Balaban J connectivity index is 0.00000208. The molecule has 1 amide bonds. The quantitative estimate of drug-likeness (QED) is 0.767. The fraction of sp³-hybridized carbons (Fsp3) is 0.500. The molecule has 1 atom stereocenters. The predicted molar refractivity (Wildman–Crippen MR) is 102 cm³/mol. The van der Waals surface area contributed by atoms with E-state index in [2.05, 4.69) is 22.1 Å². The van der Waals surface area contributed by atoms with Crippen molar-refractivity contribution in [1.29, 1.82) is 0 Å². The number of primary amides is 1. The average Bonchev–Trinajstić information content (AvgIpc) is 3.23. The van der Waals surface area contributed by atoms with E-state index in [-0.39, 0.29) is 18.3 Å². The molecule has 0 bridgehead atoms. The Bertz CT molecular complexity index is 667. The van der Waals surface area contributed by atoms with Crippen molar-refractivity contribution in [3.05, 3.63) is 38.0 Å². The van der Waals surface area contributed by atoms with Crippen molar-refractivity contribution in [2.45, 2.75) is 26.4 Å². The van der Waals surface area contributed by atoms with E-state index in [0.29, 0.717) is 11.5 Å². The number of carbonyl (C=O) groups is 1. The Kier molecular flexibility index (Phi) is 7.18. The van der Waals surface area contributed by atoms with E-state index >= 15 is 0 Å². The topological polar surface area (TPSA) is 71.2 Å². The number of aromatic nitrogens is 1. The molecule has 8 heteroatoms. The lowest BCUT2D eigenvalue weighted by molar-refractivity contribution is 0.100. The molecule has 0 aromatic carbocycles. The van der Waals surface area contributed by atoms with Gasteiger partial charge in [-0.3, -0.25) is 9.69 Å². The van der Waals surface area contributed by atoms with Gasteiger partial charge in [-0.15, -0.1) is 35.1 Å². The van der Waals surface area contributed by atoms with Gasteiger partial charge in [0.1, 0.15) is 0 Å². The number of carbonyl (C=O) groups excluding carboxylic acids is 1. The highest BCUT2D eigenvalue weighted by molar-refractivity contribution is 7.10. The Morgan fingerprint density at radius 2 is 2.29 bits per heavy atom. The second-order valence-electron chi connectivity index (χ2n) is 6.06. The first-order valence-electron chi connectivity index (χ1n) is 7.81. The largest absolute Gasteiger partial charge is 0.366 e. The predicted octanol–water partition coefficient (Wildman–Crippen LogP) is 2.65. The molecule has 2 aromatic rings. The van der Waals surface area contributed by atoms with Gasteiger partial charge in [0.2, 0.25) is 5.91 Å². The number of hydrogen-bond acceptors (Lipinski definition) is 6. The van der Waals surface area contributed by atoms with E-state index in [1.807, 2.05) is 17.0 Å². The van der Waals surface area contributed by atoms with E-state index < -0.39 is 0 Å².